The van der Waals surface area contributed by atoms with Gasteiger partial charge in [-0.3, -0.25) is 19.3 Å². The molecule has 3 heterocycles. The third-order valence-electron chi connectivity index (χ3n) is 6.87. The number of para-hydroxylation sites is 2. The molecule has 0 bridgehead atoms. The number of nitrogens with one attached hydrogen (secondary N) is 1. The number of carbonyl (C=O) groups excluding carboxylic acids is 3. The van der Waals surface area contributed by atoms with Crippen LogP contribution in [0, 0.1) is 6.92 Å². The van der Waals surface area contributed by atoms with Crippen LogP contribution in [0.3, 0.4) is 0 Å². The minimum absolute atomic E-state index is 0.122. The van der Waals surface area contributed by atoms with Gasteiger partial charge in [0, 0.05) is 18.9 Å². The van der Waals surface area contributed by atoms with Gasteiger partial charge in [-0.1, -0.05) is 24.3 Å². The summed E-state index contributed by atoms with van der Waals surface area (Å²) in [5.41, 5.74) is 0.348. The number of rotatable bonds is 4. The van der Waals surface area contributed by atoms with Gasteiger partial charge >= 0.3 is 5.97 Å². The van der Waals surface area contributed by atoms with Crippen LogP contribution in [-0.4, -0.2) is 44.4 Å². The van der Waals surface area contributed by atoms with E-state index < -0.39 is 11.6 Å². The Kier molecular flexibility index (Phi) is 4.39. The highest BCUT2D eigenvalue weighted by atomic mass is 16.5. The normalized spacial score (nSPS) is 21.6. The van der Waals surface area contributed by atoms with E-state index in [1.807, 2.05) is 13.0 Å². The molecule has 1 unspecified atom stereocenters. The molecule has 3 aromatic rings. The summed E-state index contributed by atoms with van der Waals surface area (Å²) >= 11 is 0. The van der Waals surface area contributed by atoms with E-state index in [2.05, 4.69) is 9.97 Å². The van der Waals surface area contributed by atoms with E-state index in [0.29, 0.717) is 22.2 Å². The van der Waals surface area contributed by atoms with E-state index in [9.17, 15) is 19.2 Å². The molecule has 3 aliphatic rings. The summed E-state index contributed by atoms with van der Waals surface area (Å²) in [5, 5.41) is 0.454. The number of H-pyrrole nitrogens is 1. The number of ether oxygens (including phenoxy) is 1. The molecule has 34 heavy (non-hydrogen) atoms. The summed E-state index contributed by atoms with van der Waals surface area (Å²) in [4.78, 5) is 62.8. The lowest BCUT2D eigenvalue weighted by molar-refractivity contribution is -0.159. The zero-order valence-electron chi connectivity index (χ0n) is 18.5. The first-order valence-electron chi connectivity index (χ1n) is 11.3. The van der Waals surface area contributed by atoms with Crippen LogP contribution in [0.15, 0.2) is 47.3 Å². The monoisotopic (exact) mass is 458 g/mol. The van der Waals surface area contributed by atoms with E-state index in [-0.39, 0.29) is 48.7 Å². The molecule has 9 nitrogen and oxygen atoms in total. The van der Waals surface area contributed by atoms with Crippen LogP contribution in [0.1, 0.15) is 47.4 Å². The fourth-order valence-corrected chi connectivity index (χ4v) is 5.18. The molecule has 9 heteroatoms. The minimum atomic E-state index is -1.53. The molecule has 2 aromatic carbocycles. The van der Waals surface area contributed by atoms with Crippen LogP contribution in [-0.2, 0) is 20.9 Å². The van der Waals surface area contributed by atoms with Gasteiger partial charge in [0.2, 0.25) is 11.6 Å². The lowest BCUT2D eigenvalue weighted by atomic mass is 9.96. The van der Waals surface area contributed by atoms with E-state index >= 15 is 0 Å². The van der Waals surface area contributed by atoms with Gasteiger partial charge in [-0.15, -0.1) is 0 Å². The molecule has 1 aliphatic carbocycles. The largest absolute Gasteiger partial charge is 0.454 e. The number of benzene rings is 2. The Hall–Kier alpha value is -4.01. The van der Waals surface area contributed by atoms with Crippen molar-refractivity contribution in [2.45, 2.75) is 50.9 Å². The molecular formula is C25H22N4O5. The lowest BCUT2D eigenvalue weighted by Crippen LogP contribution is -2.69. The Balaban J connectivity index is 1.38. The lowest BCUT2D eigenvalue weighted by Gasteiger charge is -2.48. The van der Waals surface area contributed by atoms with Gasteiger partial charge in [-0.25, -0.2) is 9.78 Å². The zero-order valence-corrected chi connectivity index (χ0v) is 18.5. The standard InChI is InChI=1S/C25H22N4O5/c1-14-5-4-7-17-21(14)26-19(27-22(17)31)13-34-24(33)25-12-11-20(30)29(25)18-8-3-2-6-16(18)23(32)28(25)15-9-10-15/h2-8,15H,9-13H2,1H3,(H,26,27,31). The first kappa shape index (κ1) is 20.6. The van der Waals surface area contributed by atoms with E-state index in [4.69, 9.17) is 4.74 Å². The number of aromatic nitrogens is 2. The molecule has 2 fully saturated rings. The second-order valence-corrected chi connectivity index (χ2v) is 9.03. The highest BCUT2D eigenvalue weighted by Crippen LogP contribution is 2.49. The SMILES string of the molecule is Cc1cccc2c(=O)[nH]c(COC(=O)C34CCC(=O)N3c3ccccc3C(=O)N4C3CC3)nc12. The van der Waals surface area contributed by atoms with Crippen molar-refractivity contribution in [1.29, 1.82) is 0 Å². The van der Waals surface area contributed by atoms with Crippen LogP contribution in [0.4, 0.5) is 5.69 Å². The fourth-order valence-electron chi connectivity index (χ4n) is 5.18. The van der Waals surface area contributed by atoms with Gasteiger partial charge in [0.25, 0.3) is 11.5 Å². The predicted molar refractivity (Wildman–Crippen MR) is 122 cm³/mol. The van der Waals surface area contributed by atoms with Gasteiger partial charge < -0.3 is 14.6 Å². The predicted octanol–water partition coefficient (Wildman–Crippen LogP) is 2.42. The van der Waals surface area contributed by atoms with Crippen molar-refractivity contribution in [2.75, 3.05) is 4.90 Å². The summed E-state index contributed by atoms with van der Waals surface area (Å²) in [7, 11) is 0. The molecule has 0 spiro atoms. The van der Waals surface area contributed by atoms with Gasteiger partial charge in [0.05, 0.1) is 22.2 Å². The third kappa shape index (κ3) is 2.82. The quantitative estimate of drug-likeness (QED) is 0.601. The summed E-state index contributed by atoms with van der Waals surface area (Å²) < 4.78 is 5.68. The molecule has 0 radical (unpaired) electrons. The molecular weight excluding hydrogens is 436 g/mol. The maximum atomic E-state index is 13.7. The highest BCUT2D eigenvalue weighted by Gasteiger charge is 2.64. The Labute approximate surface area is 194 Å². The maximum absolute atomic E-state index is 13.7. The smallest absolute Gasteiger partial charge is 0.354 e. The van der Waals surface area contributed by atoms with Crippen molar-refractivity contribution in [2.24, 2.45) is 0 Å². The van der Waals surface area contributed by atoms with Crippen LogP contribution >= 0.6 is 0 Å². The second kappa shape index (κ2) is 7.24. The average molecular weight is 458 g/mol. The summed E-state index contributed by atoms with van der Waals surface area (Å²) in [5.74, 6) is -0.988. The van der Waals surface area contributed by atoms with Crippen LogP contribution in [0.2, 0.25) is 0 Å². The van der Waals surface area contributed by atoms with E-state index in [1.54, 1.807) is 41.3 Å². The van der Waals surface area contributed by atoms with Crippen molar-refractivity contribution < 1.29 is 19.1 Å². The third-order valence-corrected chi connectivity index (χ3v) is 6.87. The number of aromatic amines is 1. The molecule has 2 aliphatic heterocycles. The van der Waals surface area contributed by atoms with Crippen molar-refractivity contribution in [3.8, 4) is 0 Å². The van der Waals surface area contributed by atoms with Crippen LogP contribution in [0.25, 0.3) is 10.9 Å². The van der Waals surface area contributed by atoms with Crippen LogP contribution < -0.4 is 10.5 Å². The van der Waals surface area contributed by atoms with Gasteiger partial charge in [-0.2, -0.15) is 0 Å². The van der Waals surface area contributed by atoms with E-state index in [1.165, 1.54) is 4.90 Å². The van der Waals surface area contributed by atoms with E-state index in [0.717, 1.165) is 18.4 Å². The molecule has 2 amide bonds. The first-order valence-corrected chi connectivity index (χ1v) is 11.3. The number of aryl methyl sites for hydroxylation is 1. The summed E-state index contributed by atoms with van der Waals surface area (Å²) in [6, 6.07) is 12.1. The second-order valence-electron chi connectivity index (χ2n) is 9.03. The summed E-state index contributed by atoms with van der Waals surface area (Å²) in [6.07, 6.45) is 1.82. The number of carbonyl (C=O) groups is 3. The molecule has 1 N–H and O–H groups in total. The van der Waals surface area contributed by atoms with Gasteiger partial charge in [0.15, 0.2) is 0 Å². The molecule has 1 atom stereocenters. The number of esters is 1. The topological polar surface area (TPSA) is 113 Å². The van der Waals surface area contributed by atoms with Gasteiger partial charge in [-0.05, 0) is 43.5 Å². The molecule has 1 saturated heterocycles. The van der Waals surface area contributed by atoms with Gasteiger partial charge in [0.1, 0.15) is 12.4 Å². The summed E-state index contributed by atoms with van der Waals surface area (Å²) in [6.45, 7) is 1.57. The number of fused-ring (bicyclic) bond motifs is 4. The fraction of sp³-hybridized carbons (Fsp3) is 0.320. The Morgan fingerprint density at radius 1 is 1.15 bits per heavy atom. The van der Waals surface area contributed by atoms with Crippen LogP contribution in [0.5, 0.6) is 0 Å². The molecule has 6 rings (SSSR count). The van der Waals surface area contributed by atoms with Crippen molar-refractivity contribution in [1.82, 2.24) is 14.9 Å². The number of hydrogen-bond acceptors (Lipinski definition) is 6. The Morgan fingerprint density at radius 2 is 1.94 bits per heavy atom. The van der Waals surface area contributed by atoms with Crippen molar-refractivity contribution in [3.63, 3.8) is 0 Å². The average Bonchev–Trinajstić information content (AvgIpc) is 3.60. The molecule has 1 saturated carbocycles. The van der Waals surface area contributed by atoms with Crippen molar-refractivity contribution in [3.05, 3.63) is 69.8 Å². The van der Waals surface area contributed by atoms with Crippen molar-refractivity contribution >= 4 is 34.4 Å². The Bertz CT molecular complexity index is 1440. The number of anilines is 1. The molecule has 172 valence electrons. The number of amides is 2. The zero-order chi connectivity index (χ0) is 23.6. The maximum Gasteiger partial charge on any atom is 0.354 e. The number of hydrogen-bond donors (Lipinski definition) is 1. The first-order chi connectivity index (χ1) is 16.4. The molecule has 1 aromatic heterocycles. The Morgan fingerprint density at radius 3 is 2.74 bits per heavy atom. The minimum Gasteiger partial charge on any atom is -0.454 e. The highest BCUT2D eigenvalue weighted by molar-refractivity contribution is 6.15. The number of nitrogens with zero attached hydrogens (tertiary/aromatic N) is 3.